The minimum Gasteiger partial charge on any atom is -0.477 e. The molecule has 2 aromatic heterocycles. The summed E-state index contributed by atoms with van der Waals surface area (Å²) in [4.78, 5) is 32.4. The Labute approximate surface area is 224 Å². The van der Waals surface area contributed by atoms with Gasteiger partial charge in [-0.15, -0.1) is 11.3 Å². The number of nitrogens with zero attached hydrogens (tertiary/aromatic N) is 3. The third-order valence-corrected chi connectivity index (χ3v) is 8.10. The van der Waals surface area contributed by atoms with Crippen molar-refractivity contribution in [1.82, 2.24) is 4.57 Å². The van der Waals surface area contributed by atoms with Crippen LogP contribution in [0, 0.1) is 14.9 Å². The molecule has 0 saturated carbocycles. The van der Waals surface area contributed by atoms with Crippen LogP contribution in [-0.2, 0) is 9.53 Å². The van der Waals surface area contributed by atoms with Gasteiger partial charge < -0.3 is 9.47 Å². The highest BCUT2D eigenvalue weighted by molar-refractivity contribution is 14.1. The number of rotatable bonds is 6. The topological polar surface area (TPSA) is 93.7 Å². The minimum atomic E-state index is -0.616. The van der Waals surface area contributed by atoms with E-state index in [4.69, 9.17) is 14.7 Å². The molecule has 1 aliphatic rings. The van der Waals surface area contributed by atoms with Crippen LogP contribution in [0.4, 0.5) is 0 Å². The average molecular weight is 670 g/mol. The van der Waals surface area contributed by atoms with Gasteiger partial charge in [-0.05, 0) is 66.1 Å². The highest BCUT2D eigenvalue weighted by Crippen LogP contribution is 2.33. The van der Waals surface area contributed by atoms with Crippen LogP contribution in [0.3, 0.4) is 0 Å². The highest BCUT2D eigenvalue weighted by Gasteiger charge is 2.33. The molecule has 0 bridgehead atoms. The van der Waals surface area contributed by atoms with Crippen LogP contribution in [0.15, 0.2) is 55.2 Å². The molecule has 3 heterocycles. The van der Waals surface area contributed by atoms with Crippen molar-refractivity contribution in [3.63, 3.8) is 0 Å². The van der Waals surface area contributed by atoms with Crippen LogP contribution in [0.1, 0.15) is 30.3 Å². The molecule has 11 heteroatoms. The zero-order valence-corrected chi connectivity index (χ0v) is 23.4. The van der Waals surface area contributed by atoms with Crippen LogP contribution < -0.4 is 19.6 Å². The number of ether oxygens (including phenoxy) is 2. The lowest BCUT2D eigenvalue weighted by molar-refractivity contribution is -0.139. The van der Waals surface area contributed by atoms with Gasteiger partial charge in [0.25, 0.3) is 5.56 Å². The molecule has 0 radical (unpaired) electrons. The van der Waals surface area contributed by atoms with Crippen LogP contribution in [0.2, 0.25) is 0 Å². The van der Waals surface area contributed by atoms with Gasteiger partial charge in [0.2, 0.25) is 0 Å². The highest BCUT2D eigenvalue weighted by atomic mass is 127. The summed E-state index contributed by atoms with van der Waals surface area (Å²) in [6, 6.07) is 8.85. The molecule has 34 heavy (non-hydrogen) atoms. The molecular weight excluding hydrogens is 653 g/mol. The van der Waals surface area contributed by atoms with E-state index < -0.39 is 12.0 Å². The van der Waals surface area contributed by atoms with Crippen molar-refractivity contribution >= 4 is 73.2 Å². The van der Waals surface area contributed by atoms with E-state index in [1.807, 2.05) is 35.7 Å². The first-order valence-electron chi connectivity index (χ1n) is 10.1. The maximum Gasteiger partial charge on any atom is 0.338 e. The van der Waals surface area contributed by atoms with E-state index in [0.717, 1.165) is 12.9 Å². The van der Waals surface area contributed by atoms with E-state index in [9.17, 15) is 9.59 Å². The van der Waals surface area contributed by atoms with E-state index in [2.05, 4.69) is 43.5 Å². The van der Waals surface area contributed by atoms with Crippen molar-refractivity contribution < 1.29 is 14.3 Å². The molecule has 4 rings (SSSR count). The number of halogens is 2. The van der Waals surface area contributed by atoms with Crippen molar-refractivity contribution in [3.8, 4) is 11.8 Å². The first kappa shape index (κ1) is 24.8. The van der Waals surface area contributed by atoms with Crippen LogP contribution in [0.25, 0.3) is 6.08 Å². The number of benzene rings is 1. The summed E-state index contributed by atoms with van der Waals surface area (Å²) in [5, 5.41) is 10.9. The quantitative estimate of drug-likeness (QED) is 0.291. The predicted molar refractivity (Wildman–Crippen MR) is 143 cm³/mol. The van der Waals surface area contributed by atoms with Gasteiger partial charge >= 0.3 is 5.97 Å². The molecule has 1 aromatic carbocycles. The molecular formula is C23H17BrIN3O4S2. The summed E-state index contributed by atoms with van der Waals surface area (Å²) in [6.07, 6.45) is 1.73. The van der Waals surface area contributed by atoms with Crippen LogP contribution in [0.5, 0.6) is 5.75 Å². The molecule has 0 spiro atoms. The molecule has 7 nitrogen and oxygen atoms in total. The van der Waals surface area contributed by atoms with E-state index in [1.54, 1.807) is 24.5 Å². The third-order valence-electron chi connectivity index (χ3n) is 4.93. The largest absolute Gasteiger partial charge is 0.477 e. The molecule has 0 N–H and O–H groups in total. The molecule has 174 valence electrons. The summed E-state index contributed by atoms with van der Waals surface area (Å²) in [5.41, 5.74) is 1.28. The number of nitriles is 1. The molecule has 3 aromatic rings. The maximum atomic E-state index is 13.7. The van der Waals surface area contributed by atoms with Gasteiger partial charge in [-0.2, -0.15) is 5.26 Å². The maximum absolute atomic E-state index is 13.7. The first-order chi connectivity index (χ1) is 16.3. The Balaban J connectivity index is 1.94. The van der Waals surface area contributed by atoms with Gasteiger partial charge in [0.1, 0.15) is 17.9 Å². The Morgan fingerprint density at radius 2 is 2.24 bits per heavy atom. The number of carbonyl (C=O) groups excluding carboxylic acids is 1. The van der Waals surface area contributed by atoms with E-state index in [-0.39, 0.29) is 18.8 Å². The number of thiophene rings is 1. The molecule has 0 fully saturated rings. The van der Waals surface area contributed by atoms with Gasteiger partial charge in [-0.1, -0.05) is 33.3 Å². The smallest absolute Gasteiger partial charge is 0.338 e. The van der Waals surface area contributed by atoms with Crippen molar-refractivity contribution in [2.75, 3.05) is 13.2 Å². The molecule has 0 aliphatic carbocycles. The Kier molecular flexibility index (Phi) is 7.71. The number of aromatic nitrogens is 1. The van der Waals surface area contributed by atoms with Gasteiger partial charge in [0.05, 0.1) is 26.0 Å². The number of hydrogen-bond donors (Lipinski definition) is 0. The number of esters is 1. The fraction of sp³-hybridized carbons (Fsp3) is 0.217. The summed E-state index contributed by atoms with van der Waals surface area (Å²) in [6.45, 7) is 3.62. The van der Waals surface area contributed by atoms with Gasteiger partial charge in [-0.25, -0.2) is 9.79 Å². The van der Waals surface area contributed by atoms with Crippen molar-refractivity contribution in [1.29, 1.82) is 5.26 Å². The van der Waals surface area contributed by atoms with Crippen molar-refractivity contribution in [2.45, 2.75) is 19.9 Å². The zero-order valence-electron chi connectivity index (χ0n) is 18.0. The fourth-order valence-electron chi connectivity index (χ4n) is 3.59. The van der Waals surface area contributed by atoms with Crippen molar-refractivity contribution in [2.24, 2.45) is 4.99 Å². The molecule has 0 amide bonds. The Bertz CT molecular complexity index is 1520. The van der Waals surface area contributed by atoms with Gasteiger partial charge in [0.15, 0.2) is 11.4 Å². The van der Waals surface area contributed by atoms with Gasteiger partial charge in [0, 0.05) is 14.9 Å². The molecule has 0 unspecified atom stereocenters. The summed E-state index contributed by atoms with van der Waals surface area (Å²) in [7, 11) is 0. The SMILES string of the molecule is CCOC(=O)C1=C(C)N=c2s/c(=C\c3cc(Br)cc(I)c3OCC#N)c(=O)n2[C@@H]1c1cccs1. The Hall–Kier alpha value is -2.27. The van der Waals surface area contributed by atoms with E-state index in [1.165, 1.54) is 22.7 Å². The minimum absolute atomic E-state index is 0.111. The number of fused-ring (bicyclic) bond motifs is 1. The molecule has 1 aliphatic heterocycles. The second-order valence-corrected chi connectivity index (χ2v) is 11.1. The van der Waals surface area contributed by atoms with Crippen molar-refractivity contribution in [3.05, 3.63) is 79.1 Å². The Morgan fingerprint density at radius 1 is 1.44 bits per heavy atom. The van der Waals surface area contributed by atoms with Crippen LogP contribution >= 0.6 is 61.2 Å². The fourth-order valence-corrected chi connectivity index (χ4v) is 7.16. The standard InChI is InChI=1S/C23H17BrIN3O4S2/c1-3-31-22(30)18-12(2)27-23-28(19(18)16-5-4-8-33-16)21(29)17(34-23)10-13-9-14(24)11-15(25)20(13)32-7-6-26/h4-5,8-11,19H,3,7H2,1-2H3/b17-10-/t19-/m1/s1. The van der Waals surface area contributed by atoms with E-state index >= 15 is 0 Å². The normalized spacial score (nSPS) is 15.5. The average Bonchev–Trinajstić information content (AvgIpc) is 3.41. The Morgan fingerprint density at radius 3 is 2.91 bits per heavy atom. The second kappa shape index (κ2) is 10.6. The summed E-state index contributed by atoms with van der Waals surface area (Å²) >= 11 is 8.32. The van der Waals surface area contributed by atoms with Gasteiger partial charge in [-0.3, -0.25) is 9.36 Å². The lowest BCUT2D eigenvalue weighted by Gasteiger charge is -2.23. The third kappa shape index (κ3) is 4.77. The summed E-state index contributed by atoms with van der Waals surface area (Å²) < 4.78 is 14.6. The monoisotopic (exact) mass is 669 g/mol. The summed E-state index contributed by atoms with van der Waals surface area (Å²) in [5.74, 6) is 0.0412. The molecule has 0 saturated heterocycles. The number of carbonyl (C=O) groups is 1. The number of thiazole rings is 1. The predicted octanol–water partition coefficient (Wildman–Crippen LogP) is 4.13. The second-order valence-electron chi connectivity index (χ2n) is 7.07. The lowest BCUT2D eigenvalue weighted by Crippen LogP contribution is -2.39. The number of allylic oxidation sites excluding steroid dienone is 1. The van der Waals surface area contributed by atoms with Crippen LogP contribution in [-0.4, -0.2) is 23.8 Å². The first-order valence-corrected chi connectivity index (χ1v) is 13.6. The number of hydrogen-bond acceptors (Lipinski definition) is 8. The lowest BCUT2D eigenvalue weighted by atomic mass is 10.0. The zero-order chi connectivity index (χ0) is 24.4. The molecule has 1 atom stereocenters. The van der Waals surface area contributed by atoms with E-state index in [0.29, 0.717) is 31.9 Å².